The number of ketones is 2. The van der Waals surface area contributed by atoms with E-state index in [1.54, 1.807) is 0 Å². The van der Waals surface area contributed by atoms with Gasteiger partial charge < -0.3 is 0 Å². The van der Waals surface area contributed by atoms with E-state index in [1.165, 1.54) is 0 Å². The number of rotatable bonds is 6. The van der Waals surface area contributed by atoms with Crippen molar-refractivity contribution in [3.8, 4) is 0 Å². The minimum atomic E-state index is -0.425. The predicted molar refractivity (Wildman–Crippen MR) is 220 cm³/mol. The molecule has 54 heavy (non-hydrogen) atoms. The number of carbonyl (C=O) groups excluding carboxylic acids is 2. The van der Waals surface area contributed by atoms with Gasteiger partial charge in [0.15, 0.2) is 11.6 Å². The summed E-state index contributed by atoms with van der Waals surface area (Å²) in [5.74, 6) is 0.0609. The van der Waals surface area contributed by atoms with Crippen molar-refractivity contribution in [3.63, 3.8) is 0 Å². The number of carbonyl (C=O) groups is 2. The Hall–Kier alpha value is -5.43. The lowest BCUT2D eigenvalue weighted by Crippen LogP contribution is -2.28. The van der Waals surface area contributed by atoms with Gasteiger partial charge in [-0.1, -0.05) is 126 Å². The number of Topliss-reactive ketones (excluding diaryl/α,β-unsaturated/α-hetero) is 2. The lowest BCUT2D eigenvalue weighted by molar-refractivity contribution is -0.114. The lowest BCUT2D eigenvalue weighted by Gasteiger charge is -2.31. The summed E-state index contributed by atoms with van der Waals surface area (Å²) in [7, 11) is 0. The molecule has 0 saturated heterocycles. The van der Waals surface area contributed by atoms with E-state index in [0.29, 0.717) is 56.4 Å². The lowest BCUT2D eigenvalue weighted by atomic mass is 9.71. The smallest absolute Gasteiger partial charge is 0.186 e. The third-order valence-corrected chi connectivity index (χ3v) is 9.23. The van der Waals surface area contributed by atoms with Crippen LogP contribution in [0.4, 0.5) is 11.4 Å². The van der Waals surface area contributed by atoms with E-state index >= 15 is 0 Å². The number of aromatic nitrogens is 1. The van der Waals surface area contributed by atoms with Crippen molar-refractivity contribution in [2.45, 2.75) is 83.1 Å². The number of nitrogens with zero attached hydrogens (tertiary/aromatic N) is 5. The van der Waals surface area contributed by atoms with E-state index in [9.17, 15) is 9.59 Å². The topological polar surface area (TPSA) is 96.5 Å². The second-order valence-electron chi connectivity index (χ2n) is 18.0. The second-order valence-corrected chi connectivity index (χ2v) is 18.0. The second kappa shape index (κ2) is 15.1. The number of hydrogen-bond donors (Lipinski definition) is 0. The highest BCUT2D eigenvalue weighted by atomic mass is 16.1. The van der Waals surface area contributed by atoms with E-state index in [0.717, 1.165) is 11.1 Å². The van der Waals surface area contributed by atoms with Gasteiger partial charge in [-0.3, -0.25) is 9.59 Å². The van der Waals surface area contributed by atoms with Crippen LogP contribution in [0.5, 0.6) is 0 Å². The van der Waals surface area contributed by atoms with Crippen molar-refractivity contribution in [1.29, 1.82) is 0 Å². The number of allylic oxidation sites excluding steroid dienone is 10. The molecule has 2 aliphatic carbocycles. The predicted octanol–water partition coefficient (Wildman–Crippen LogP) is 13.1. The largest absolute Gasteiger partial charge is 0.289 e. The van der Waals surface area contributed by atoms with E-state index in [1.807, 2.05) is 186 Å². The van der Waals surface area contributed by atoms with Crippen LogP contribution < -0.4 is 0 Å². The summed E-state index contributed by atoms with van der Waals surface area (Å²) in [6.45, 7) is 24.6. The normalized spacial score (nSPS) is 16.1. The van der Waals surface area contributed by atoms with Gasteiger partial charge >= 0.3 is 0 Å². The van der Waals surface area contributed by atoms with Gasteiger partial charge in [0.25, 0.3) is 0 Å². The molecule has 0 bridgehead atoms. The van der Waals surface area contributed by atoms with Crippen LogP contribution in [0.15, 0.2) is 157 Å². The Morgan fingerprint density at radius 2 is 0.722 bits per heavy atom. The molecule has 278 valence electrons. The van der Waals surface area contributed by atoms with Crippen LogP contribution in [0, 0.1) is 21.7 Å². The maximum Gasteiger partial charge on any atom is 0.186 e. The van der Waals surface area contributed by atoms with Crippen LogP contribution in [-0.4, -0.2) is 16.6 Å². The Morgan fingerprint density at radius 1 is 0.426 bits per heavy atom. The molecule has 1 heterocycles. The van der Waals surface area contributed by atoms with Gasteiger partial charge in [-0.2, -0.15) is 10.2 Å². The highest BCUT2D eigenvalue weighted by molar-refractivity contribution is 6.13. The molecular weight excluding hydrogens is 667 g/mol. The number of benzene rings is 2. The monoisotopic (exact) mass is 719 g/mol. The molecule has 1 aromatic heterocycles. The summed E-state index contributed by atoms with van der Waals surface area (Å²) in [6, 6.07) is 24.8. The Bertz CT molecular complexity index is 1970. The van der Waals surface area contributed by atoms with Gasteiger partial charge in [-0.05, 0) is 82.4 Å². The molecule has 0 N–H and O–H groups in total. The van der Waals surface area contributed by atoms with Crippen LogP contribution >= 0.6 is 0 Å². The minimum absolute atomic E-state index is 0.0304. The molecule has 0 unspecified atom stereocenters. The summed E-state index contributed by atoms with van der Waals surface area (Å²) >= 11 is 0. The van der Waals surface area contributed by atoms with E-state index in [2.05, 4.69) is 10.2 Å². The zero-order valence-corrected chi connectivity index (χ0v) is 33.9. The third-order valence-electron chi connectivity index (χ3n) is 9.23. The SMILES string of the molecule is CC(C)(C)C1=CC(=C(N=Nc2ccccc2)c2cccc(C(N=Nc3ccccc3)=C3C=C(C(C)(C)C)C(=O)C(C(C)(C)C)=C3)n2)C=C(C(C)(C)C)C1=O. The van der Waals surface area contributed by atoms with E-state index < -0.39 is 21.7 Å². The van der Waals surface area contributed by atoms with Gasteiger partial charge in [0.1, 0.15) is 11.4 Å². The average molecular weight is 720 g/mol. The number of hydrogen-bond acceptors (Lipinski definition) is 7. The maximum atomic E-state index is 13.9. The van der Waals surface area contributed by atoms with Gasteiger partial charge in [0.2, 0.25) is 0 Å². The summed E-state index contributed by atoms with van der Waals surface area (Å²) in [4.78, 5) is 33.1. The van der Waals surface area contributed by atoms with Crippen molar-refractivity contribution >= 4 is 34.3 Å². The maximum absolute atomic E-state index is 13.9. The first kappa shape index (κ1) is 39.8. The van der Waals surface area contributed by atoms with E-state index in [-0.39, 0.29) is 11.6 Å². The van der Waals surface area contributed by atoms with Crippen LogP contribution in [0.1, 0.15) is 94.5 Å². The molecule has 0 atom stereocenters. The molecule has 0 radical (unpaired) electrons. The molecular formula is C47H53N5O2. The third kappa shape index (κ3) is 9.19. The first-order chi connectivity index (χ1) is 25.1. The fraction of sp³-hybridized carbons (Fsp3) is 0.340. The Labute approximate surface area is 321 Å². The molecule has 7 heteroatoms. The van der Waals surface area contributed by atoms with Gasteiger partial charge in [0, 0.05) is 33.4 Å². The van der Waals surface area contributed by atoms with E-state index in [4.69, 9.17) is 15.2 Å². The molecule has 2 aliphatic rings. The van der Waals surface area contributed by atoms with Crippen LogP contribution in [0.25, 0.3) is 11.4 Å². The van der Waals surface area contributed by atoms with Gasteiger partial charge in [-0.25, -0.2) is 4.98 Å². The quantitative estimate of drug-likeness (QED) is 0.237. The first-order valence-electron chi connectivity index (χ1n) is 18.5. The Morgan fingerprint density at radius 3 is 1.00 bits per heavy atom. The molecule has 0 fully saturated rings. The van der Waals surface area contributed by atoms with Crippen LogP contribution in [0.3, 0.4) is 0 Å². The molecule has 0 amide bonds. The number of azo groups is 2. The summed E-state index contributed by atoms with van der Waals surface area (Å²) < 4.78 is 0. The molecule has 0 saturated carbocycles. The van der Waals surface area contributed by atoms with Crippen LogP contribution in [0.2, 0.25) is 0 Å². The standard InChI is InChI=1S/C47H53N5O2/c1-44(2,3)34-26-30(27-35(42(34)53)45(4,5)6)40(51-49-32-20-15-13-16-21-32)38-24-19-25-39(48-38)41(52-50-33-22-17-14-18-23-33)31-28-36(46(7,8)9)43(54)37(29-31)47(10,11)12/h13-29H,1-12H3. The van der Waals surface area contributed by atoms with Crippen molar-refractivity contribution in [3.05, 3.63) is 148 Å². The molecule has 0 spiro atoms. The molecule has 2 aromatic carbocycles. The zero-order valence-electron chi connectivity index (χ0n) is 33.9. The van der Waals surface area contributed by atoms with Crippen molar-refractivity contribution in [2.75, 3.05) is 0 Å². The highest BCUT2D eigenvalue weighted by Gasteiger charge is 2.36. The van der Waals surface area contributed by atoms with Crippen molar-refractivity contribution < 1.29 is 9.59 Å². The fourth-order valence-electron chi connectivity index (χ4n) is 6.18. The summed E-state index contributed by atoms with van der Waals surface area (Å²) in [5, 5.41) is 19.0. The summed E-state index contributed by atoms with van der Waals surface area (Å²) in [6.07, 6.45) is 7.73. The Kier molecular flexibility index (Phi) is 11.1. The molecule has 5 rings (SSSR count). The van der Waals surface area contributed by atoms with Crippen molar-refractivity contribution in [2.24, 2.45) is 42.1 Å². The number of pyridine rings is 1. The Balaban J connectivity index is 1.85. The first-order valence-corrected chi connectivity index (χ1v) is 18.5. The summed E-state index contributed by atoms with van der Waals surface area (Å²) in [5.41, 5.74) is 6.04. The molecule has 7 nitrogen and oxygen atoms in total. The van der Waals surface area contributed by atoms with Gasteiger partial charge in [-0.15, -0.1) is 10.2 Å². The van der Waals surface area contributed by atoms with Gasteiger partial charge in [0.05, 0.1) is 22.8 Å². The van der Waals surface area contributed by atoms with Crippen LogP contribution in [-0.2, 0) is 9.59 Å². The highest BCUT2D eigenvalue weighted by Crippen LogP contribution is 2.43. The molecule has 0 aliphatic heterocycles. The molecule has 3 aromatic rings. The minimum Gasteiger partial charge on any atom is -0.289 e. The van der Waals surface area contributed by atoms with Crippen molar-refractivity contribution in [1.82, 2.24) is 4.98 Å². The fourth-order valence-corrected chi connectivity index (χ4v) is 6.18. The zero-order chi connectivity index (χ0) is 39.6. The average Bonchev–Trinajstić information content (AvgIpc) is 3.08.